The molecule has 2 N–H and O–H groups in total. The molecule has 0 saturated heterocycles. The molecule has 0 unspecified atom stereocenters. The van der Waals surface area contributed by atoms with E-state index >= 15 is 0 Å². The average Bonchev–Trinajstić information content (AvgIpc) is 2.75. The number of hydrogen-bond donors (Lipinski definition) is 2. The van der Waals surface area contributed by atoms with Crippen LogP contribution in [0.15, 0.2) is 60.8 Å². The lowest BCUT2D eigenvalue weighted by Gasteiger charge is -2.23. The number of aromatic nitrogens is 2. The Morgan fingerprint density at radius 3 is 2.65 bits per heavy atom. The predicted octanol–water partition coefficient (Wildman–Crippen LogP) is 4.76. The van der Waals surface area contributed by atoms with E-state index in [1.807, 2.05) is 25.1 Å². The molecule has 0 fully saturated rings. The van der Waals surface area contributed by atoms with Crippen LogP contribution in [0, 0.1) is 5.82 Å². The second kappa shape index (κ2) is 10.7. The lowest BCUT2D eigenvalue weighted by molar-refractivity contribution is 0.190. The molecule has 7 nitrogen and oxygen atoms in total. The molecule has 3 aromatic rings. The van der Waals surface area contributed by atoms with Gasteiger partial charge in [-0.2, -0.15) is 4.98 Å². The molecule has 9 heteroatoms. The van der Waals surface area contributed by atoms with E-state index in [2.05, 4.69) is 20.6 Å². The number of halogens is 2. The van der Waals surface area contributed by atoms with Crippen LogP contribution in [0.3, 0.4) is 0 Å². The summed E-state index contributed by atoms with van der Waals surface area (Å²) in [4.78, 5) is 23.1. The molecule has 1 heterocycles. The third-order valence-corrected chi connectivity index (χ3v) is 4.71. The highest BCUT2D eigenvalue weighted by molar-refractivity contribution is 6.31. The fraction of sp³-hybridized carbons (Fsp3) is 0.227. The minimum Gasteiger partial charge on any atom is -0.383 e. The number of nitrogens with one attached hydrogen (secondary N) is 2. The molecule has 0 saturated carbocycles. The molecule has 0 aliphatic heterocycles. The molecule has 0 aliphatic carbocycles. The molecular formula is C22H23ClFN5O2. The third-order valence-electron chi connectivity index (χ3n) is 4.34. The summed E-state index contributed by atoms with van der Waals surface area (Å²) >= 11 is 6.19. The SMILES string of the molecule is COC[C@H](C)Nc1nccc(N(C(=O)NCc2ccccc2Cl)c2ccc(F)cc2)n1. The standard InChI is InChI=1S/C22H23ClFN5O2/c1-15(14-31-2)27-21-25-12-11-20(28-21)29(18-9-7-17(24)8-10-18)22(30)26-13-16-5-3-4-6-19(16)23/h3-12,15H,13-14H2,1-2H3,(H,26,30)(H,25,27,28)/t15-/m0/s1. The van der Waals surface area contributed by atoms with Crippen molar-refractivity contribution in [1.82, 2.24) is 15.3 Å². The van der Waals surface area contributed by atoms with Gasteiger partial charge in [0.05, 0.1) is 12.3 Å². The van der Waals surface area contributed by atoms with Crippen molar-refractivity contribution in [3.8, 4) is 0 Å². The van der Waals surface area contributed by atoms with Gasteiger partial charge >= 0.3 is 6.03 Å². The van der Waals surface area contributed by atoms with Gasteiger partial charge in [-0.3, -0.25) is 0 Å². The maximum absolute atomic E-state index is 13.5. The van der Waals surface area contributed by atoms with E-state index in [0.29, 0.717) is 29.1 Å². The molecule has 0 aliphatic rings. The van der Waals surface area contributed by atoms with Gasteiger partial charge in [0.25, 0.3) is 0 Å². The second-order valence-corrected chi connectivity index (χ2v) is 7.21. The fourth-order valence-electron chi connectivity index (χ4n) is 2.89. The van der Waals surface area contributed by atoms with Crippen molar-refractivity contribution in [2.75, 3.05) is 23.9 Å². The first-order valence-corrected chi connectivity index (χ1v) is 10.0. The van der Waals surface area contributed by atoms with Gasteiger partial charge in [-0.05, 0) is 42.8 Å². The average molecular weight is 444 g/mol. The summed E-state index contributed by atoms with van der Waals surface area (Å²) in [5.41, 5.74) is 1.22. The van der Waals surface area contributed by atoms with Gasteiger partial charge in [0.2, 0.25) is 5.95 Å². The molecule has 3 rings (SSSR count). The lowest BCUT2D eigenvalue weighted by Crippen LogP contribution is -2.37. The van der Waals surface area contributed by atoms with Gasteiger partial charge in [-0.15, -0.1) is 0 Å². The number of amides is 2. The molecule has 2 aromatic carbocycles. The summed E-state index contributed by atoms with van der Waals surface area (Å²) in [6.07, 6.45) is 1.54. The first-order chi connectivity index (χ1) is 15.0. The van der Waals surface area contributed by atoms with Crippen LogP contribution >= 0.6 is 11.6 Å². The van der Waals surface area contributed by atoms with Crippen LogP contribution in [0.4, 0.5) is 26.6 Å². The van der Waals surface area contributed by atoms with Crippen LogP contribution in [0.5, 0.6) is 0 Å². The molecule has 2 amide bonds. The zero-order chi connectivity index (χ0) is 22.2. The van der Waals surface area contributed by atoms with Gasteiger partial charge < -0.3 is 15.4 Å². The number of carbonyl (C=O) groups is 1. The first-order valence-electron chi connectivity index (χ1n) is 9.63. The Bertz CT molecular complexity index is 1020. The topological polar surface area (TPSA) is 79.4 Å². The molecule has 1 atom stereocenters. The maximum atomic E-state index is 13.5. The third kappa shape index (κ3) is 6.13. The van der Waals surface area contributed by atoms with Gasteiger partial charge in [0.15, 0.2) is 0 Å². The van der Waals surface area contributed by atoms with Gasteiger partial charge in [0.1, 0.15) is 11.6 Å². The minimum atomic E-state index is -0.443. The Morgan fingerprint density at radius 2 is 1.94 bits per heavy atom. The number of nitrogens with zero attached hydrogens (tertiary/aromatic N) is 3. The van der Waals surface area contributed by atoms with Crippen molar-refractivity contribution in [1.29, 1.82) is 0 Å². The largest absolute Gasteiger partial charge is 0.383 e. The summed E-state index contributed by atoms with van der Waals surface area (Å²) in [6, 6.07) is 13.9. The Hall–Kier alpha value is -3.23. The second-order valence-electron chi connectivity index (χ2n) is 6.80. The number of urea groups is 1. The Balaban J connectivity index is 1.87. The number of rotatable bonds is 8. The minimum absolute atomic E-state index is 0.0337. The predicted molar refractivity (Wildman–Crippen MR) is 119 cm³/mol. The van der Waals surface area contributed by atoms with Crippen molar-refractivity contribution < 1.29 is 13.9 Å². The number of methoxy groups -OCH3 is 1. The number of benzene rings is 2. The quantitative estimate of drug-likeness (QED) is 0.524. The highest BCUT2D eigenvalue weighted by atomic mass is 35.5. The smallest absolute Gasteiger partial charge is 0.327 e. The van der Waals surface area contributed by atoms with Gasteiger partial charge in [0, 0.05) is 37.0 Å². The first kappa shape index (κ1) is 22.5. The summed E-state index contributed by atoms with van der Waals surface area (Å²) < 4.78 is 18.6. The van der Waals surface area contributed by atoms with E-state index < -0.39 is 11.8 Å². The molecule has 162 valence electrons. The van der Waals surface area contributed by atoms with Crippen molar-refractivity contribution in [2.24, 2.45) is 0 Å². The summed E-state index contributed by atoms with van der Waals surface area (Å²) in [5, 5.41) is 6.51. The van der Waals surface area contributed by atoms with Crippen LogP contribution in [-0.2, 0) is 11.3 Å². The highest BCUT2D eigenvalue weighted by Gasteiger charge is 2.20. The zero-order valence-electron chi connectivity index (χ0n) is 17.2. The Kier molecular flexibility index (Phi) is 7.75. The summed E-state index contributed by atoms with van der Waals surface area (Å²) in [7, 11) is 1.61. The van der Waals surface area contributed by atoms with E-state index in [1.165, 1.54) is 29.2 Å². The summed E-state index contributed by atoms with van der Waals surface area (Å²) in [5.74, 6) is 0.261. The van der Waals surface area contributed by atoms with Crippen LogP contribution < -0.4 is 15.5 Å². The number of ether oxygens (including phenoxy) is 1. The number of hydrogen-bond acceptors (Lipinski definition) is 5. The van der Waals surface area contributed by atoms with Gasteiger partial charge in [-0.25, -0.2) is 19.1 Å². The van der Waals surface area contributed by atoms with E-state index in [4.69, 9.17) is 16.3 Å². The monoisotopic (exact) mass is 443 g/mol. The molecule has 31 heavy (non-hydrogen) atoms. The molecular weight excluding hydrogens is 421 g/mol. The normalized spacial score (nSPS) is 11.6. The maximum Gasteiger partial charge on any atom is 0.327 e. The van der Waals surface area contributed by atoms with E-state index in [9.17, 15) is 9.18 Å². The molecule has 0 radical (unpaired) electrons. The van der Waals surface area contributed by atoms with E-state index in [0.717, 1.165) is 5.56 Å². The van der Waals surface area contributed by atoms with Gasteiger partial charge in [-0.1, -0.05) is 29.8 Å². The highest BCUT2D eigenvalue weighted by Crippen LogP contribution is 2.25. The van der Waals surface area contributed by atoms with Crippen LogP contribution in [-0.4, -0.2) is 35.8 Å². The molecule has 0 spiro atoms. The van der Waals surface area contributed by atoms with E-state index in [-0.39, 0.29) is 12.6 Å². The Morgan fingerprint density at radius 1 is 1.19 bits per heavy atom. The van der Waals surface area contributed by atoms with Crippen molar-refractivity contribution in [2.45, 2.75) is 19.5 Å². The molecule has 1 aromatic heterocycles. The van der Waals surface area contributed by atoms with Crippen LogP contribution in [0.25, 0.3) is 0 Å². The summed E-state index contributed by atoms with van der Waals surface area (Å²) in [6.45, 7) is 2.61. The fourth-order valence-corrected chi connectivity index (χ4v) is 3.09. The Labute approximate surface area is 185 Å². The molecule has 0 bridgehead atoms. The van der Waals surface area contributed by atoms with E-state index in [1.54, 1.807) is 25.4 Å². The number of anilines is 3. The zero-order valence-corrected chi connectivity index (χ0v) is 17.9. The van der Waals surface area contributed by atoms with Crippen LogP contribution in [0.2, 0.25) is 5.02 Å². The van der Waals surface area contributed by atoms with Crippen molar-refractivity contribution in [3.63, 3.8) is 0 Å². The lowest BCUT2D eigenvalue weighted by atomic mass is 10.2. The van der Waals surface area contributed by atoms with Crippen molar-refractivity contribution >= 4 is 35.1 Å². The van der Waals surface area contributed by atoms with Crippen LogP contribution in [0.1, 0.15) is 12.5 Å². The van der Waals surface area contributed by atoms with Crippen molar-refractivity contribution in [3.05, 3.63) is 77.2 Å². The number of carbonyl (C=O) groups excluding carboxylic acids is 1.